The van der Waals surface area contributed by atoms with Crippen molar-refractivity contribution in [2.45, 2.75) is 20.6 Å². The van der Waals surface area contributed by atoms with Crippen molar-refractivity contribution in [1.82, 2.24) is 9.78 Å². The van der Waals surface area contributed by atoms with Gasteiger partial charge in [-0.2, -0.15) is 5.10 Å². The molecule has 0 saturated carbocycles. The third-order valence-electron chi connectivity index (χ3n) is 2.15. The van der Waals surface area contributed by atoms with Crippen LogP contribution in [0.5, 0.6) is 0 Å². The first-order valence-electron chi connectivity index (χ1n) is 4.58. The van der Waals surface area contributed by atoms with E-state index in [0.717, 1.165) is 4.68 Å². The maximum atomic E-state index is 11.5. The lowest BCUT2D eigenvalue weighted by Gasteiger charge is -2.08. The Morgan fingerprint density at radius 2 is 2.06 bits per heavy atom. The number of hydrogen-bond acceptors (Lipinski definition) is 5. The minimum atomic E-state index is -4.61. The van der Waals surface area contributed by atoms with E-state index in [0.29, 0.717) is 11.3 Å². The summed E-state index contributed by atoms with van der Waals surface area (Å²) >= 11 is 0. The number of methoxy groups -OCH3 is 1. The predicted molar refractivity (Wildman–Crippen MR) is 56.2 cm³/mol. The number of phosphoric ester groups is 1. The molecule has 0 bridgehead atoms. The van der Waals surface area contributed by atoms with Crippen molar-refractivity contribution in [3.8, 4) is 0 Å². The molecule has 0 saturated heterocycles. The number of ether oxygens (including phenoxy) is 1. The summed E-state index contributed by atoms with van der Waals surface area (Å²) in [4.78, 5) is 28.6. The second-order valence-corrected chi connectivity index (χ2v) is 4.54. The monoisotopic (exact) mass is 264 g/mol. The van der Waals surface area contributed by atoms with Gasteiger partial charge in [0.2, 0.25) is 0 Å². The SMILES string of the molecule is COC(=O)c1c(C)c(C)nn1COP(=O)(O)O. The van der Waals surface area contributed by atoms with Crippen LogP contribution in [0, 0.1) is 13.8 Å². The Morgan fingerprint density at radius 3 is 2.53 bits per heavy atom. The zero-order valence-corrected chi connectivity index (χ0v) is 10.5. The molecule has 0 aliphatic carbocycles. The first-order valence-corrected chi connectivity index (χ1v) is 6.11. The minimum absolute atomic E-state index is 0.110. The minimum Gasteiger partial charge on any atom is -0.464 e. The van der Waals surface area contributed by atoms with E-state index < -0.39 is 20.5 Å². The molecule has 1 heterocycles. The van der Waals surface area contributed by atoms with Gasteiger partial charge in [-0.15, -0.1) is 0 Å². The average Bonchev–Trinajstić information content (AvgIpc) is 2.50. The molecule has 0 unspecified atom stereocenters. The summed E-state index contributed by atoms with van der Waals surface area (Å²) in [6.07, 6.45) is 0. The lowest BCUT2D eigenvalue weighted by molar-refractivity contribution is 0.0568. The van der Waals surface area contributed by atoms with Gasteiger partial charge in [0.25, 0.3) is 0 Å². The Labute approximate surface area is 97.4 Å². The highest BCUT2D eigenvalue weighted by Crippen LogP contribution is 2.36. The van der Waals surface area contributed by atoms with Crippen molar-refractivity contribution in [2.24, 2.45) is 0 Å². The molecule has 0 aliphatic heterocycles. The molecular weight excluding hydrogens is 251 g/mol. The first kappa shape index (κ1) is 13.9. The van der Waals surface area contributed by atoms with E-state index in [1.54, 1.807) is 13.8 Å². The molecule has 0 aromatic carbocycles. The van der Waals surface area contributed by atoms with Crippen LogP contribution in [0.3, 0.4) is 0 Å². The molecule has 1 rings (SSSR count). The quantitative estimate of drug-likeness (QED) is 0.596. The van der Waals surface area contributed by atoms with Gasteiger partial charge in [0.1, 0.15) is 0 Å². The summed E-state index contributed by atoms with van der Waals surface area (Å²) in [6.45, 7) is 2.79. The summed E-state index contributed by atoms with van der Waals surface area (Å²) < 4.78 is 20.4. The van der Waals surface area contributed by atoms with Gasteiger partial charge in [0.05, 0.1) is 12.8 Å². The Kier molecular flexibility index (Phi) is 4.05. The van der Waals surface area contributed by atoms with Crippen LogP contribution < -0.4 is 0 Å². The smallest absolute Gasteiger partial charge is 0.464 e. The zero-order valence-electron chi connectivity index (χ0n) is 9.58. The second kappa shape index (κ2) is 4.97. The molecule has 0 atom stereocenters. The Hall–Kier alpha value is -1.21. The topological polar surface area (TPSA) is 111 Å². The van der Waals surface area contributed by atoms with E-state index >= 15 is 0 Å². The van der Waals surface area contributed by atoms with Gasteiger partial charge in [-0.1, -0.05) is 0 Å². The maximum absolute atomic E-state index is 11.5. The van der Waals surface area contributed by atoms with E-state index in [1.165, 1.54) is 7.11 Å². The molecule has 2 N–H and O–H groups in total. The molecule has 0 radical (unpaired) electrons. The summed E-state index contributed by atoms with van der Waals surface area (Å²) in [7, 11) is -3.40. The number of aryl methyl sites for hydroxylation is 1. The summed E-state index contributed by atoms with van der Waals surface area (Å²) in [5.41, 5.74) is 1.24. The first-order chi connectivity index (χ1) is 7.76. The number of carbonyl (C=O) groups is 1. The Bertz CT molecular complexity index is 477. The summed E-state index contributed by atoms with van der Waals surface area (Å²) in [6, 6.07) is 0. The second-order valence-electron chi connectivity index (χ2n) is 3.30. The number of aromatic nitrogens is 2. The van der Waals surface area contributed by atoms with E-state index in [2.05, 4.69) is 14.4 Å². The van der Waals surface area contributed by atoms with Gasteiger partial charge >= 0.3 is 13.8 Å². The Balaban J connectivity index is 3.03. The summed E-state index contributed by atoms with van der Waals surface area (Å²) in [5.74, 6) is -0.641. The van der Waals surface area contributed by atoms with Crippen molar-refractivity contribution in [2.75, 3.05) is 7.11 Å². The normalized spacial score (nSPS) is 11.6. The van der Waals surface area contributed by atoms with E-state index in [1.807, 2.05) is 0 Å². The molecule has 17 heavy (non-hydrogen) atoms. The van der Waals surface area contributed by atoms with Crippen LogP contribution in [0.15, 0.2) is 0 Å². The van der Waals surface area contributed by atoms with Gasteiger partial charge in [0.15, 0.2) is 12.4 Å². The lowest BCUT2D eigenvalue weighted by atomic mass is 10.2. The van der Waals surface area contributed by atoms with Crippen LogP contribution >= 0.6 is 7.82 Å². The highest BCUT2D eigenvalue weighted by molar-refractivity contribution is 7.46. The highest BCUT2D eigenvalue weighted by Gasteiger charge is 2.22. The van der Waals surface area contributed by atoms with E-state index in [4.69, 9.17) is 9.79 Å². The summed E-state index contributed by atoms with van der Waals surface area (Å²) in [5, 5.41) is 3.93. The van der Waals surface area contributed by atoms with Crippen LogP contribution in [0.2, 0.25) is 0 Å². The zero-order chi connectivity index (χ0) is 13.2. The lowest BCUT2D eigenvalue weighted by Crippen LogP contribution is -2.14. The van der Waals surface area contributed by atoms with Crippen molar-refractivity contribution in [1.29, 1.82) is 0 Å². The highest BCUT2D eigenvalue weighted by atomic mass is 31.2. The van der Waals surface area contributed by atoms with Crippen LogP contribution in [0.25, 0.3) is 0 Å². The molecule has 1 aromatic heterocycles. The van der Waals surface area contributed by atoms with Crippen LogP contribution in [-0.4, -0.2) is 32.6 Å². The Morgan fingerprint density at radius 1 is 1.47 bits per heavy atom. The van der Waals surface area contributed by atoms with Gasteiger partial charge in [-0.3, -0.25) is 4.52 Å². The molecule has 0 spiro atoms. The molecule has 1 aromatic rings. The fraction of sp³-hybridized carbons (Fsp3) is 0.500. The standard InChI is InChI=1S/C8H13N2O6P/c1-5-6(2)9-10(4-16-17(12,13)14)7(5)8(11)15-3/h4H2,1-3H3,(H2,12,13,14). The average molecular weight is 264 g/mol. The van der Waals surface area contributed by atoms with Crippen LogP contribution in [-0.2, 0) is 20.6 Å². The van der Waals surface area contributed by atoms with Crippen molar-refractivity contribution in [3.63, 3.8) is 0 Å². The number of nitrogens with zero attached hydrogens (tertiary/aromatic N) is 2. The largest absolute Gasteiger partial charge is 0.471 e. The van der Waals surface area contributed by atoms with Gasteiger partial charge in [0, 0.05) is 5.56 Å². The predicted octanol–water partition coefficient (Wildman–Crippen LogP) is 0.353. The van der Waals surface area contributed by atoms with Crippen molar-refractivity contribution < 1.29 is 28.4 Å². The molecule has 0 amide bonds. The van der Waals surface area contributed by atoms with Crippen LogP contribution in [0.1, 0.15) is 21.7 Å². The fourth-order valence-corrected chi connectivity index (χ4v) is 1.51. The third kappa shape index (κ3) is 3.37. The molecule has 8 nitrogen and oxygen atoms in total. The molecular formula is C8H13N2O6P. The fourth-order valence-electron chi connectivity index (χ4n) is 1.25. The third-order valence-corrected chi connectivity index (χ3v) is 2.61. The number of hydrogen-bond donors (Lipinski definition) is 2. The van der Waals surface area contributed by atoms with Gasteiger partial charge in [-0.05, 0) is 13.8 Å². The number of phosphoric acid groups is 1. The van der Waals surface area contributed by atoms with E-state index in [-0.39, 0.29) is 5.69 Å². The molecule has 96 valence electrons. The number of esters is 1. The number of rotatable bonds is 4. The number of carbonyl (C=O) groups excluding carboxylic acids is 1. The van der Waals surface area contributed by atoms with Gasteiger partial charge in [-0.25, -0.2) is 14.0 Å². The van der Waals surface area contributed by atoms with Crippen molar-refractivity contribution in [3.05, 3.63) is 17.0 Å². The molecule has 9 heteroatoms. The van der Waals surface area contributed by atoms with Crippen LogP contribution in [0.4, 0.5) is 0 Å². The van der Waals surface area contributed by atoms with Crippen molar-refractivity contribution >= 4 is 13.8 Å². The van der Waals surface area contributed by atoms with E-state index in [9.17, 15) is 9.36 Å². The molecule has 0 aliphatic rings. The van der Waals surface area contributed by atoms with Gasteiger partial charge < -0.3 is 14.5 Å². The maximum Gasteiger partial charge on any atom is 0.471 e. The molecule has 0 fully saturated rings.